The fourth-order valence-corrected chi connectivity index (χ4v) is 7.34. The Bertz CT molecular complexity index is 1670. The fourth-order valence-electron chi connectivity index (χ4n) is 7.34. The van der Waals surface area contributed by atoms with Crippen molar-refractivity contribution < 1.29 is 0 Å². The molecule has 0 atom stereocenters. The third-order valence-corrected chi connectivity index (χ3v) is 11.1. The van der Waals surface area contributed by atoms with Crippen molar-refractivity contribution in [3.05, 3.63) is 144 Å². The molecule has 0 N–H and O–H groups in total. The van der Waals surface area contributed by atoms with Gasteiger partial charge in [0.2, 0.25) is 0 Å². The monoisotopic (exact) mass is 805 g/mol. The van der Waals surface area contributed by atoms with Crippen LogP contribution in [-0.2, 0) is 0 Å². The number of azo groups is 1. The van der Waals surface area contributed by atoms with Crippen molar-refractivity contribution in [2.45, 2.75) is 130 Å². The molecule has 0 saturated carbocycles. The molecule has 4 heteroatoms. The summed E-state index contributed by atoms with van der Waals surface area (Å²) in [7, 11) is 0. The molecule has 0 spiro atoms. The van der Waals surface area contributed by atoms with Gasteiger partial charge in [-0.25, -0.2) is 0 Å². The van der Waals surface area contributed by atoms with Gasteiger partial charge in [0.15, 0.2) is 0 Å². The van der Waals surface area contributed by atoms with Crippen LogP contribution in [-0.4, -0.2) is 26.2 Å². The van der Waals surface area contributed by atoms with Crippen LogP contribution in [0.4, 0.5) is 22.7 Å². The maximum absolute atomic E-state index is 4.47. The lowest BCUT2D eigenvalue weighted by atomic mass is 10.1. The molecule has 0 unspecified atom stereocenters. The number of benzene rings is 4. The molecule has 0 aliphatic rings. The van der Waals surface area contributed by atoms with Crippen LogP contribution in [0.3, 0.4) is 0 Å². The van der Waals surface area contributed by atoms with Crippen molar-refractivity contribution >= 4 is 47.1 Å². The highest BCUT2D eigenvalue weighted by Gasteiger charge is 2.08. The summed E-state index contributed by atoms with van der Waals surface area (Å²) in [5, 5.41) is 8.95. The van der Waals surface area contributed by atoms with Crippen molar-refractivity contribution in [1.82, 2.24) is 0 Å². The largest absolute Gasteiger partial charge is 0.372 e. The van der Waals surface area contributed by atoms with E-state index in [9.17, 15) is 0 Å². The van der Waals surface area contributed by atoms with E-state index in [2.05, 4.69) is 169 Å². The number of hydrogen-bond acceptors (Lipinski definition) is 4. The van der Waals surface area contributed by atoms with Crippen LogP contribution < -0.4 is 9.80 Å². The average molecular weight is 805 g/mol. The molecule has 0 aliphatic heterocycles. The zero-order valence-corrected chi connectivity index (χ0v) is 37.8. The van der Waals surface area contributed by atoms with Gasteiger partial charge in [0.05, 0.1) is 11.4 Å². The third kappa shape index (κ3) is 19.4. The number of hydrogen-bond donors (Lipinski definition) is 0. The van der Waals surface area contributed by atoms with Crippen LogP contribution in [0, 0.1) is 0 Å². The Kier molecular flexibility index (Phi) is 24.0. The normalized spacial score (nSPS) is 12.0. The first-order valence-corrected chi connectivity index (χ1v) is 23.6. The molecule has 4 nitrogen and oxygen atoms in total. The van der Waals surface area contributed by atoms with Gasteiger partial charge in [-0.05, 0) is 96.5 Å². The van der Waals surface area contributed by atoms with E-state index >= 15 is 0 Å². The summed E-state index contributed by atoms with van der Waals surface area (Å²) in [6.07, 6.45) is 37.9. The second-order valence-electron chi connectivity index (χ2n) is 16.2. The van der Waals surface area contributed by atoms with E-state index in [4.69, 9.17) is 0 Å². The van der Waals surface area contributed by atoms with Crippen LogP contribution >= 0.6 is 0 Å². The predicted molar refractivity (Wildman–Crippen MR) is 267 cm³/mol. The number of unbranched alkanes of at least 4 members (excludes halogenated alkanes) is 12. The molecule has 4 aromatic rings. The number of rotatable bonds is 30. The van der Waals surface area contributed by atoms with Crippen molar-refractivity contribution in [3.63, 3.8) is 0 Å². The standard InChI is InChI=1S/C56H76N4/c1-5-9-13-21-45-59(46-22-14-10-6-2)55-41-33-51(34-42-55)27-19-17-25-49-29-37-53(38-30-49)57-58-54-39-31-50(32-40-54)26-18-20-28-52-35-43-56(44-36-52)60(47-23-15-11-7-3)48-24-16-12-8-4/h17-20,25-44H,5-16,21-24,45-48H2,1-4H3/b25-17+,26-18+,27-19+,28-20+,58-57?. The molecule has 0 radical (unpaired) electrons. The van der Waals surface area contributed by atoms with Gasteiger partial charge in [0, 0.05) is 37.6 Å². The van der Waals surface area contributed by atoms with E-state index < -0.39 is 0 Å². The third-order valence-electron chi connectivity index (χ3n) is 11.1. The van der Waals surface area contributed by atoms with Crippen LogP contribution in [0.1, 0.15) is 153 Å². The fraction of sp³-hybridized carbons (Fsp3) is 0.429. The maximum Gasteiger partial charge on any atom is 0.0857 e. The Balaban J connectivity index is 1.21. The predicted octanol–water partition coefficient (Wildman–Crippen LogP) is 17.5. The van der Waals surface area contributed by atoms with Gasteiger partial charge in [-0.15, -0.1) is 0 Å². The average Bonchev–Trinajstić information content (AvgIpc) is 3.29. The van der Waals surface area contributed by atoms with Crippen LogP contribution in [0.5, 0.6) is 0 Å². The van der Waals surface area contributed by atoms with Gasteiger partial charge in [-0.1, -0.05) is 202 Å². The number of nitrogens with zero attached hydrogens (tertiary/aromatic N) is 4. The Morgan fingerprint density at radius 1 is 0.317 bits per heavy atom. The molecule has 4 rings (SSSR count). The summed E-state index contributed by atoms with van der Waals surface area (Å²) >= 11 is 0. The Labute approximate surface area is 365 Å². The molecule has 320 valence electrons. The highest BCUT2D eigenvalue weighted by molar-refractivity contribution is 5.62. The summed E-state index contributed by atoms with van der Waals surface area (Å²) in [4.78, 5) is 5.18. The molecule has 4 aromatic carbocycles. The van der Waals surface area contributed by atoms with E-state index in [0.29, 0.717) is 0 Å². The van der Waals surface area contributed by atoms with Crippen molar-refractivity contribution in [1.29, 1.82) is 0 Å². The highest BCUT2D eigenvalue weighted by atomic mass is 15.1. The Hall–Kier alpha value is -4.96. The molecule has 0 aromatic heterocycles. The number of anilines is 2. The minimum Gasteiger partial charge on any atom is -0.372 e. The lowest BCUT2D eigenvalue weighted by Gasteiger charge is -2.25. The summed E-state index contributed by atoms with van der Waals surface area (Å²) in [6.45, 7) is 13.8. The van der Waals surface area contributed by atoms with E-state index in [1.54, 1.807) is 0 Å². The van der Waals surface area contributed by atoms with E-state index in [-0.39, 0.29) is 0 Å². The topological polar surface area (TPSA) is 31.2 Å². The molecule has 60 heavy (non-hydrogen) atoms. The molecular weight excluding hydrogens is 729 g/mol. The number of allylic oxidation sites excluding steroid dienone is 4. The smallest absolute Gasteiger partial charge is 0.0857 e. The minimum atomic E-state index is 0.835. The van der Waals surface area contributed by atoms with Crippen LogP contribution in [0.2, 0.25) is 0 Å². The van der Waals surface area contributed by atoms with Gasteiger partial charge in [0.25, 0.3) is 0 Å². The summed E-state index contributed by atoms with van der Waals surface area (Å²) in [6, 6.07) is 34.5. The second-order valence-corrected chi connectivity index (χ2v) is 16.2. The molecule has 0 amide bonds. The Morgan fingerprint density at radius 3 is 0.817 bits per heavy atom. The first-order chi connectivity index (χ1) is 29.6. The van der Waals surface area contributed by atoms with Gasteiger partial charge in [0.1, 0.15) is 0 Å². The molecule has 0 saturated heterocycles. The SMILES string of the molecule is CCCCCCN(CCCCCC)c1ccc(/C=C/C=C/c2ccc(N=Nc3ccc(/C=C/C=C/c4ccc(N(CCCCCC)CCCCCC)cc4)cc3)cc2)cc1. The van der Waals surface area contributed by atoms with E-state index in [0.717, 1.165) is 48.7 Å². The first kappa shape index (κ1) is 47.7. The quantitative estimate of drug-likeness (QED) is 0.0299. The molecule has 0 fully saturated rings. The van der Waals surface area contributed by atoms with Crippen molar-refractivity contribution in [2.24, 2.45) is 10.2 Å². The van der Waals surface area contributed by atoms with Crippen LogP contribution in [0.15, 0.2) is 132 Å². The molecular formula is C56H76N4. The van der Waals surface area contributed by atoms with E-state index in [1.165, 1.54) is 125 Å². The van der Waals surface area contributed by atoms with Gasteiger partial charge in [-0.2, -0.15) is 10.2 Å². The van der Waals surface area contributed by atoms with Gasteiger partial charge < -0.3 is 9.80 Å². The van der Waals surface area contributed by atoms with Crippen molar-refractivity contribution in [3.8, 4) is 0 Å². The lowest BCUT2D eigenvalue weighted by molar-refractivity contribution is 0.609. The first-order valence-electron chi connectivity index (χ1n) is 23.6. The minimum absolute atomic E-state index is 0.835. The van der Waals surface area contributed by atoms with Crippen molar-refractivity contribution in [2.75, 3.05) is 36.0 Å². The maximum atomic E-state index is 4.47. The van der Waals surface area contributed by atoms with E-state index in [1.807, 2.05) is 24.3 Å². The van der Waals surface area contributed by atoms with Crippen LogP contribution in [0.25, 0.3) is 24.3 Å². The zero-order valence-electron chi connectivity index (χ0n) is 37.8. The summed E-state index contributed by atoms with van der Waals surface area (Å²) < 4.78 is 0. The Morgan fingerprint density at radius 2 is 0.567 bits per heavy atom. The highest BCUT2D eigenvalue weighted by Crippen LogP contribution is 2.23. The van der Waals surface area contributed by atoms with Gasteiger partial charge in [-0.3, -0.25) is 0 Å². The summed E-state index contributed by atoms with van der Waals surface area (Å²) in [5.74, 6) is 0. The lowest BCUT2D eigenvalue weighted by Crippen LogP contribution is -2.25. The summed E-state index contributed by atoms with van der Waals surface area (Å²) in [5.41, 5.74) is 9.07. The zero-order chi connectivity index (χ0) is 42.3. The molecule has 0 aliphatic carbocycles. The van der Waals surface area contributed by atoms with Gasteiger partial charge >= 0.3 is 0 Å². The second kappa shape index (κ2) is 30.1. The molecule has 0 heterocycles. The molecule has 0 bridgehead atoms.